The first-order valence-corrected chi connectivity index (χ1v) is 15.0. The van der Waals surface area contributed by atoms with E-state index in [2.05, 4.69) is 6.92 Å². The maximum atomic E-state index is 13.7. The first-order chi connectivity index (χ1) is 20.4. The van der Waals surface area contributed by atoms with E-state index in [-0.39, 0.29) is 17.4 Å². The number of ketones is 1. The number of ether oxygens (including phenoxy) is 3. The van der Waals surface area contributed by atoms with Gasteiger partial charge in [-0.15, -0.1) is 0 Å². The van der Waals surface area contributed by atoms with Gasteiger partial charge in [0.1, 0.15) is 29.1 Å². The third-order valence-electron chi connectivity index (χ3n) is 7.59. The molecule has 1 amide bonds. The highest BCUT2D eigenvalue weighted by Crippen LogP contribution is 2.45. The van der Waals surface area contributed by atoms with Gasteiger partial charge in [0.2, 0.25) is 0 Å². The van der Waals surface area contributed by atoms with Gasteiger partial charge in [-0.1, -0.05) is 43.2 Å². The molecular weight excluding hydrogens is 552 g/mol. The molecule has 0 radical (unpaired) electrons. The maximum Gasteiger partial charge on any atom is 0.301 e. The number of thiazole rings is 1. The SMILES string of the molecule is CCCCCOc1cccc([C@@H]2C(=C(O)c3ccc4c(c3)C[C@@H](C)O4)C(=O)C(=O)N2c2nc3ccc(OC)cc3s2)c1. The molecule has 1 saturated heterocycles. The van der Waals surface area contributed by atoms with Crippen LogP contribution in [-0.4, -0.2) is 41.6 Å². The number of fused-ring (bicyclic) bond motifs is 2. The number of aliphatic hydroxyl groups excluding tert-OH is 1. The number of Topliss-reactive ketones (excluding diaryl/α,β-unsaturated/α-hetero) is 1. The van der Waals surface area contributed by atoms with Crippen LogP contribution in [0.5, 0.6) is 17.2 Å². The second-order valence-corrected chi connectivity index (χ2v) is 11.6. The average molecular weight is 585 g/mol. The van der Waals surface area contributed by atoms with Crippen molar-refractivity contribution in [1.29, 1.82) is 0 Å². The number of hydrogen-bond donors (Lipinski definition) is 1. The van der Waals surface area contributed by atoms with Crippen LogP contribution in [0.4, 0.5) is 5.13 Å². The highest BCUT2D eigenvalue weighted by molar-refractivity contribution is 7.22. The minimum absolute atomic E-state index is 0.00637. The molecule has 42 heavy (non-hydrogen) atoms. The summed E-state index contributed by atoms with van der Waals surface area (Å²) in [5, 5.41) is 12.0. The monoisotopic (exact) mass is 584 g/mol. The molecule has 4 aromatic rings. The average Bonchev–Trinajstić information content (AvgIpc) is 3.66. The Morgan fingerprint density at radius 3 is 2.76 bits per heavy atom. The van der Waals surface area contributed by atoms with Crippen molar-refractivity contribution in [3.63, 3.8) is 0 Å². The first kappa shape index (κ1) is 27.8. The van der Waals surface area contributed by atoms with Crippen molar-refractivity contribution in [2.75, 3.05) is 18.6 Å². The second kappa shape index (κ2) is 11.5. The number of benzene rings is 3. The minimum atomic E-state index is -0.907. The number of aromatic nitrogens is 1. The predicted molar refractivity (Wildman–Crippen MR) is 163 cm³/mol. The van der Waals surface area contributed by atoms with Crippen LogP contribution in [0.2, 0.25) is 0 Å². The van der Waals surface area contributed by atoms with Crippen LogP contribution in [0.3, 0.4) is 0 Å². The normalized spacial score (nSPS) is 19.3. The standard InChI is InChI=1S/C33H32N2O6S/c1-4-5-6-14-40-24-9-7-8-20(17-24)29-28(30(36)21-10-13-26-22(16-21)15-19(2)41-26)31(37)32(38)35(29)33-34-25-12-11-23(39-3)18-27(25)42-33/h7-13,16-19,29,36H,4-6,14-15H2,1-3H3/t19-,29-/m1/s1. The molecule has 1 N–H and O–H groups in total. The van der Waals surface area contributed by atoms with Gasteiger partial charge in [-0.25, -0.2) is 4.98 Å². The Morgan fingerprint density at radius 2 is 1.95 bits per heavy atom. The third-order valence-corrected chi connectivity index (χ3v) is 8.61. The fourth-order valence-electron chi connectivity index (χ4n) is 5.51. The second-order valence-electron chi connectivity index (χ2n) is 10.6. The van der Waals surface area contributed by atoms with E-state index in [1.165, 1.54) is 16.2 Å². The molecule has 2 aliphatic heterocycles. The summed E-state index contributed by atoms with van der Waals surface area (Å²) in [6.45, 7) is 4.68. The van der Waals surface area contributed by atoms with Crippen LogP contribution in [-0.2, 0) is 16.0 Å². The van der Waals surface area contributed by atoms with E-state index in [1.807, 2.05) is 49.4 Å². The zero-order valence-electron chi connectivity index (χ0n) is 23.8. The number of aliphatic hydroxyl groups is 1. The van der Waals surface area contributed by atoms with E-state index in [9.17, 15) is 14.7 Å². The van der Waals surface area contributed by atoms with Gasteiger partial charge in [0.15, 0.2) is 5.13 Å². The lowest BCUT2D eigenvalue weighted by Gasteiger charge is -2.23. The molecule has 0 spiro atoms. The highest BCUT2D eigenvalue weighted by atomic mass is 32.1. The van der Waals surface area contributed by atoms with Crippen LogP contribution in [0.1, 0.15) is 55.8 Å². The van der Waals surface area contributed by atoms with Crippen molar-refractivity contribution in [3.05, 3.63) is 82.9 Å². The molecular formula is C33H32N2O6S. The van der Waals surface area contributed by atoms with Gasteiger partial charge in [0.25, 0.3) is 5.78 Å². The summed E-state index contributed by atoms with van der Waals surface area (Å²) in [6.07, 6.45) is 3.79. The number of carbonyl (C=O) groups excluding carboxylic acids is 2. The number of nitrogens with zero attached hydrogens (tertiary/aromatic N) is 2. The number of unbranched alkanes of at least 4 members (excludes halogenated alkanes) is 2. The molecule has 6 rings (SSSR count). The van der Waals surface area contributed by atoms with Gasteiger partial charge in [-0.05, 0) is 73.0 Å². The van der Waals surface area contributed by atoms with E-state index in [0.29, 0.717) is 46.3 Å². The third kappa shape index (κ3) is 5.09. The number of rotatable bonds is 9. The molecule has 1 aromatic heterocycles. The van der Waals surface area contributed by atoms with Gasteiger partial charge in [0.05, 0.1) is 35.5 Å². The zero-order valence-corrected chi connectivity index (χ0v) is 24.6. The zero-order chi connectivity index (χ0) is 29.4. The summed E-state index contributed by atoms with van der Waals surface area (Å²) in [4.78, 5) is 33.5. The van der Waals surface area contributed by atoms with E-state index in [0.717, 1.165) is 35.3 Å². The van der Waals surface area contributed by atoms with Crippen molar-refractivity contribution < 1.29 is 28.9 Å². The molecule has 8 nitrogen and oxygen atoms in total. The minimum Gasteiger partial charge on any atom is -0.507 e. The summed E-state index contributed by atoms with van der Waals surface area (Å²) >= 11 is 1.29. The Bertz CT molecular complexity index is 1710. The van der Waals surface area contributed by atoms with E-state index < -0.39 is 17.7 Å². The lowest BCUT2D eigenvalue weighted by Crippen LogP contribution is -2.29. The summed E-state index contributed by atoms with van der Waals surface area (Å²) < 4.78 is 18.0. The molecule has 2 atom stereocenters. The first-order valence-electron chi connectivity index (χ1n) is 14.2. The molecule has 9 heteroatoms. The molecule has 216 valence electrons. The van der Waals surface area contributed by atoms with Crippen LogP contribution in [0.15, 0.2) is 66.2 Å². The number of anilines is 1. The fraction of sp³-hybridized carbons (Fsp3) is 0.303. The Kier molecular flexibility index (Phi) is 7.60. The quantitative estimate of drug-likeness (QED) is 0.0997. The number of methoxy groups -OCH3 is 1. The topological polar surface area (TPSA) is 98.2 Å². The van der Waals surface area contributed by atoms with Crippen LogP contribution >= 0.6 is 11.3 Å². The lowest BCUT2D eigenvalue weighted by atomic mass is 9.94. The molecule has 2 aliphatic rings. The van der Waals surface area contributed by atoms with Crippen LogP contribution in [0.25, 0.3) is 16.0 Å². The van der Waals surface area contributed by atoms with Gasteiger partial charge in [-0.2, -0.15) is 0 Å². The van der Waals surface area contributed by atoms with E-state index in [1.54, 1.807) is 25.3 Å². The number of carbonyl (C=O) groups is 2. The maximum absolute atomic E-state index is 13.7. The molecule has 3 heterocycles. The Labute approximate surface area is 248 Å². The summed E-state index contributed by atoms with van der Waals surface area (Å²) in [6, 6.07) is 17.3. The largest absolute Gasteiger partial charge is 0.507 e. The molecule has 0 bridgehead atoms. The Balaban J connectivity index is 1.47. The van der Waals surface area contributed by atoms with Crippen molar-refractivity contribution in [2.45, 2.75) is 51.7 Å². The molecule has 0 aliphatic carbocycles. The van der Waals surface area contributed by atoms with Gasteiger partial charge < -0.3 is 19.3 Å². The molecule has 3 aromatic carbocycles. The van der Waals surface area contributed by atoms with Gasteiger partial charge in [-0.3, -0.25) is 14.5 Å². The van der Waals surface area contributed by atoms with E-state index >= 15 is 0 Å². The fourth-order valence-corrected chi connectivity index (χ4v) is 6.53. The Morgan fingerprint density at radius 1 is 1.10 bits per heavy atom. The number of amides is 1. The number of hydrogen-bond acceptors (Lipinski definition) is 8. The smallest absolute Gasteiger partial charge is 0.301 e. The lowest BCUT2D eigenvalue weighted by molar-refractivity contribution is -0.132. The van der Waals surface area contributed by atoms with Crippen molar-refractivity contribution in [1.82, 2.24) is 4.98 Å². The van der Waals surface area contributed by atoms with Crippen molar-refractivity contribution in [2.24, 2.45) is 0 Å². The van der Waals surface area contributed by atoms with E-state index in [4.69, 9.17) is 19.2 Å². The van der Waals surface area contributed by atoms with Gasteiger partial charge >= 0.3 is 5.91 Å². The molecule has 1 fully saturated rings. The Hall–Kier alpha value is -4.37. The van der Waals surface area contributed by atoms with Crippen LogP contribution < -0.4 is 19.1 Å². The summed E-state index contributed by atoms with van der Waals surface area (Å²) in [5.41, 5.74) is 2.72. The molecule has 0 unspecified atom stereocenters. The van der Waals surface area contributed by atoms with Crippen molar-refractivity contribution in [3.8, 4) is 17.2 Å². The van der Waals surface area contributed by atoms with Crippen LogP contribution in [0, 0.1) is 0 Å². The molecule has 0 saturated carbocycles. The highest BCUT2D eigenvalue weighted by Gasteiger charge is 2.48. The summed E-state index contributed by atoms with van der Waals surface area (Å²) in [5.74, 6) is 0.300. The predicted octanol–water partition coefficient (Wildman–Crippen LogP) is 6.82. The summed E-state index contributed by atoms with van der Waals surface area (Å²) in [7, 11) is 1.59. The van der Waals surface area contributed by atoms with Crippen molar-refractivity contribution >= 4 is 44.1 Å². The van der Waals surface area contributed by atoms with Gasteiger partial charge in [0, 0.05) is 12.0 Å².